The van der Waals surface area contributed by atoms with Gasteiger partial charge >= 0.3 is 0 Å². The van der Waals surface area contributed by atoms with Crippen molar-refractivity contribution in [3.05, 3.63) is 33.3 Å². The molecule has 4 heteroatoms. The molecule has 2 aliphatic rings. The number of benzene rings is 1. The normalized spacial score (nSPS) is 29.3. The van der Waals surface area contributed by atoms with E-state index in [0.29, 0.717) is 6.54 Å². The van der Waals surface area contributed by atoms with Crippen LogP contribution in [0.4, 0.5) is 0 Å². The van der Waals surface area contributed by atoms with Crippen LogP contribution in [0.3, 0.4) is 0 Å². The molecule has 0 saturated heterocycles. The highest BCUT2D eigenvalue weighted by Crippen LogP contribution is 2.48. The molecule has 0 aliphatic heterocycles. The van der Waals surface area contributed by atoms with Crippen LogP contribution >= 0.6 is 27.5 Å². The standard InChI is InChI=1S/C17H24BrClN2/c1-21(10-13-7-11-2-3-12(13)6-11)17(9-20)15-8-14(18)4-5-16(15)19/h4-5,8,11-13,17H,2-3,6-7,9-10,20H2,1H3. The number of nitrogens with two attached hydrogens (primary N) is 1. The lowest BCUT2D eigenvalue weighted by molar-refractivity contribution is 0.176. The van der Waals surface area contributed by atoms with Crippen molar-refractivity contribution in [3.63, 3.8) is 0 Å². The maximum absolute atomic E-state index is 6.39. The third-order valence-electron chi connectivity index (χ3n) is 5.48. The van der Waals surface area contributed by atoms with E-state index in [1.165, 1.54) is 25.7 Å². The molecule has 21 heavy (non-hydrogen) atoms. The lowest BCUT2D eigenvalue weighted by atomic mass is 9.88. The van der Waals surface area contributed by atoms with Crippen LogP contribution in [-0.4, -0.2) is 25.0 Å². The molecular formula is C17H24BrClN2. The minimum atomic E-state index is 0.203. The molecule has 2 N–H and O–H groups in total. The molecule has 0 amide bonds. The first-order valence-corrected chi connectivity index (χ1v) is 9.10. The van der Waals surface area contributed by atoms with E-state index in [-0.39, 0.29) is 6.04 Å². The Morgan fingerprint density at radius 3 is 2.81 bits per heavy atom. The van der Waals surface area contributed by atoms with Crippen LogP contribution in [0, 0.1) is 17.8 Å². The van der Waals surface area contributed by atoms with E-state index >= 15 is 0 Å². The van der Waals surface area contributed by atoms with Gasteiger partial charge in [-0.15, -0.1) is 0 Å². The molecule has 0 heterocycles. The zero-order chi connectivity index (χ0) is 15.0. The molecule has 2 bridgehead atoms. The molecule has 2 saturated carbocycles. The first-order chi connectivity index (χ1) is 10.1. The van der Waals surface area contributed by atoms with Gasteiger partial charge in [-0.2, -0.15) is 0 Å². The van der Waals surface area contributed by atoms with Crippen molar-refractivity contribution >= 4 is 27.5 Å². The molecule has 0 aromatic heterocycles. The first kappa shape index (κ1) is 15.8. The second kappa shape index (κ2) is 6.57. The Morgan fingerprint density at radius 1 is 1.38 bits per heavy atom. The summed E-state index contributed by atoms with van der Waals surface area (Å²) in [5.41, 5.74) is 7.20. The predicted octanol–water partition coefficient (Wildman–Crippen LogP) is 4.47. The summed E-state index contributed by atoms with van der Waals surface area (Å²) >= 11 is 9.93. The van der Waals surface area contributed by atoms with E-state index in [2.05, 4.69) is 33.9 Å². The van der Waals surface area contributed by atoms with Gasteiger partial charge in [0.05, 0.1) is 0 Å². The molecule has 116 valence electrons. The zero-order valence-electron chi connectivity index (χ0n) is 12.6. The number of rotatable bonds is 5. The van der Waals surface area contributed by atoms with Crippen molar-refractivity contribution in [3.8, 4) is 0 Å². The van der Waals surface area contributed by atoms with E-state index < -0.39 is 0 Å². The molecule has 4 atom stereocenters. The summed E-state index contributed by atoms with van der Waals surface area (Å²) in [6.07, 6.45) is 5.78. The van der Waals surface area contributed by atoms with Crippen LogP contribution in [0.15, 0.2) is 22.7 Å². The van der Waals surface area contributed by atoms with Gasteiger partial charge in [0.25, 0.3) is 0 Å². The van der Waals surface area contributed by atoms with Crippen molar-refractivity contribution < 1.29 is 0 Å². The molecule has 2 aliphatic carbocycles. The summed E-state index contributed by atoms with van der Waals surface area (Å²) in [4.78, 5) is 2.42. The van der Waals surface area contributed by atoms with Crippen molar-refractivity contribution in [2.45, 2.75) is 31.7 Å². The number of fused-ring (bicyclic) bond motifs is 2. The SMILES string of the molecule is CN(CC1CC2CCC1C2)C(CN)c1cc(Br)ccc1Cl. The Balaban J connectivity index is 1.71. The maximum atomic E-state index is 6.39. The van der Waals surface area contributed by atoms with Gasteiger partial charge in [0, 0.05) is 28.6 Å². The first-order valence-electron chi connectivity index (χ1n) is 7.93. The summed E-state index contributed by atoms with van der Waals surface area (Å²) in [7, 11) is 2.20. The molecule has 0 radical (unpaired) electrons. The van der Waals surface area contributed by atoms with Crippen LogP contribution in [0.5, 0.6) is 0 Å². The highest BCUT2D eigenvalue weighted by atomic mass is 79.9. The summed E-state index contributed by atoms with van der Waals surface area (Å²) in [6.45, 7) is 1.75. The Hall–Kier alpha value is -0.0900. The number of hydrogen-bond acceptors (Lipinski definition) is 2. The average Bonchev–Trinajstić information content (AvgIpc) is 3.06. The fourth-order valence-electron chi connectivity index (χ4n) is 4.41. The van der Waals surface area contributed by atoms with Crippen molar-refractivity contribution in [2.24, 2.45) is 23.5 Å². The van der Waals surface area contributed by atoms with Crippen molar-refractivity contribution in [1.82, 2.24) is 4.90 Å². The summed E-state index contributed by atoms with van der Waals surface area (Å²) < 4.78 is 1.06. The number of nitrogens with zero attached hydrogens (tertiary/aromatic N) is 1. The van der Waals surface area contributed by atoms with Crippen LogP contribution in [-0.2, 0) is 0 Å². The fourth-order valence-corrected chi connectivity index (χ4v) is 5.03. The van der Waals surface area contributed by atoms with Crippen molar-refractivity contribution in [1.29, 1.82) is 0 Å². The van der Waals surface area contributed by atoms with Gasteiger partial charge in [-0.1, -0.05) is 34.0 Å². The molecule has 1 aromatic carbocycles. The monoisotopic (exact) mass is 370 g/mol. The number of likely N-dealkylation sites (N-methyl/N-ethyl adjacent to an activating group) is 1. The van der Waals surface area contributed by atoms with Gasteiger partial charge in [0.15, 0.2) is 0 Å². The third-order valence-corrected chi connectivity index (χ3v) is 6.32. The molecule has 3 rings (SSSR count). The van der Waals surface area contributed by atoms with E-state index in [4.69, 9.17) is 17.3 Å². The van der Waals surface area contributed by atoms with E-state index in [1.54, 1.807) is 0 Å². The third kappa shape index (κ3) is 3.31. The van der Waals surface area contributed by atoms with Gasteiger partial charge < -0.3 is 5.73 Å². The minimum absolute atomic E-state index is 0.203. The molecule has 0 spiro atoms. The Labute approximate surface area is 141 Å². The Morgan fingerprint density at radius 2 is 2.19 bits per heavy atom. The quantitative estimate of drug-likeness (QED) is 0.827. The van der Waals surface area contributed by atoms with Crippen LogP contribution in [0.1, 0.15) is 37.3 Å². The molecular weight excluding hydrogens is 348 g/mol. The second-order valence-corrected chi connectivity index (χ2v) is 8.11. The van der Waals surface area contributed by atoms with E-state index in [9.17, 15) is 0 Å². The van der Waals surface area contributed by atoms with Gasteiger partial charge in [-0.05, 0) is 67.8 Å². The maximum Gasteiger partial charge on any atom is 0.0482 e. The average molecular weight is 372 g/mol. The summed E-state index contributed by atoms with van der Waals surface area (Å²) in [6, 6.07) is 6.25. The number of halogens is 2. The van der Waals surface area contributed by atoms with Crippen molar-refractivity contribution in [2.75, 3.05) is 20.1 Å². The minimum Gasteiger partial charge on any atom is -0.329 e. The van der Waals surface area contributed by atoms with Gasteiger partial charge in [-0.3, -0.25) is 4.90 Å². The van der Waals surface area contributed by atoms with Gasteiger partial charge in [0.1, 0.15) is 0 Å². The Kier molecular flexibility index (Phi) is 4.94. The predicted molar refractivity (Wildman–Crippen MR) is 92.5 cm³/mol. The van der Waals surface area contributed by atoms with Gasteiger partial charge in [0.2, 0.25) is 0 Å². The van der Waals surface area contributed by atoms with Gasteiger partial charge in [-0.25, -0.2) is 0 Å². The zero-order valence-corrected chi connectivity index (χ0v) is 14.9. The topological polar surface area (TPSA) is 29.3 Å². The fraction of sp³-hybridized carbons (Fsp3) is 0.647. The molecule has 4 unspecified atom stereocenters. The largest absolute Gasteiger partial charge is 0.329 e. The lowest BCUT2D eigenvalue weighted by Crippen LogP contribution is -2.35. The van der Waals surface area contributed by atoms with Crippen LogP contribution in [0.2, 0.25) is 5.02 Å². The smallest absolute Gasteiger partial charge is 0.0482 e. The highest BCUT2D eigenvalue weighted by Gasteiger charge is 2.40. The molecule has 2 fully saturated rings. The molecule has 2 nitrogen and oxygen atoms in total. The van der Waals surface area contributed by atoms with E-state index in [1.807, 2.05) is 12.1 Å². The summed E-state index contributed by atoms with van der Waals surface area (Å²) in [5, 5.41) is 0.813. The van der Waals surface area contributed by atoms with E-state index in [0.717, 1.165) is 39.4 Å². The summed E-state index contributed by atoms with van der Waals surface area (Å²) in [5.74, 6) is 2.81. The van der Waals surface area contributed by atoms with Crippen LogP contribution < -0.4 is 5.73 Å². The highest BCUT2D eigenvalue weighted by molar-refractivity contribution is 9.10. The Bertz CT molecular complexity index is 508. The molecule has 1 aromatic rings. The number of hydrogen-bond donors (Lipinski definition) is 1. The second-order valence-electron chi connectivity index (χ2n) is 6.79. The lowest BCUT2D eigenvalue weighted by Gasteiger charge is -2.33. The van der Waals surface area contributed by atoms with Crippen LogP contribution in [0.25, 0.3) is 0 Å².